The van der Waals surface area contributed by atoms with Gasteiger partial charge in [0.15, 0.2) is 0 Å². The van der Waals surface area contributed by atoms with Crippen molar-refractivity contribution in [1.82, 2.24) is 0 Å². The Morgan fingerprint density at radius 2 is 2.12 bits per heavy atom. The van der Waals surface area contributed by atoms with Crippen molar-refractivity contribution in [2.45, 2.75) is 13.3 Å². The minimum absolute atomic E-state index is 0.457. The summed E-state index contributed by atoms with van der Waals surface area (Å²) in [6.45, 7) is 1.85. The van der Waals surface area contributed by atoms with Gasteiger partial charge in [-0.15, -0.1) is 0 Å². The molecule has 0 fully saturated rings. The Morgan fingerprint density at radius 1 is 1.62 bits per heavy atom. The van der Waals surface area contributed by atoms with Gasteiger partial charge in [-0.1, -0.05) is 6.92 Å². The molecule has 0 aromatic heterocycles. The summed E-state index contributed by atoms with van der Waals surface area (Å²) >= 11 is 0. The van der Waals surface area contributed by atoms with Gasteiger partial charge in [0.05, 0.1) is 0 Å². The molecule has 0 aromatic carbocycles. The fourth-order valence-corrected chi connectivity index (χ4v) is 1.70. The standard InChI is InChI=1S/C3H8O3S2/c1-2-3-7-8(4,5)6/h2-3H2,1H3,(H,4,5,6). The summed E-state index contributed by atoms with van der Waals surface area (Å²) in [6.07, 6.45) is 0.754. The fraction of sp³-hybridized carbons (Fsp3) is 1.00. The predicted molar refractivity (Wildman–Crippen MR) is 34.3 cm³/mol. The first-order chi connectivity index (χ1) is 3.56. The van der Waals surface area contributed by atoms with Crippen LogP contribution in [-0.4, -0.2) is 18.7 Å². The van der Waals surface area contributed by atoms with Gasteiger partial charge in [0, 0.05) is 5.75 Å². The van der Waals surface area contributed by atoms with E-state index in [-0.39, 0.29) is 0 Å². The number of hydrogen-bond donors (Lipinski definition) is 1. The molecular weight excluding hydrogens is 148 g/mol. The van der Waals surface area contributed by atoms with E-state index in [0.29, 0.717) is 16.5 Å². The summed E-state index contributed by atoms with van der Waals surface area (Å²) in [4.78, 5) is 0. The van der Waals surface area contributed by atoms with E-state index in [2.05, 4.69) is 0 Å². The van der Waals surface area contributed by atoms with Gasteiger partial charge in [-0.25, -0.2) is 0 Å². The Kier molecular flexibility index (Phi) is 3.43. The van der Waals surface area contributed by atoms with Crippen molar-refractivity contribution in [3.8, 4) is 0 Å². The summed E-state index contributed by atoms with van der Waals surface area (Å²) in [5, 5.41) is 0. The molecule has 0 aliphatic rings. The summed E-state index contributed by atoms with van der Waals surface area (Å²) in [6, 6.07) is 0. The minimum Gasteiger partial charge on any atom is -0.277 e. The maximum Gasteiger partial charge on any atom is 0.319 e. The number of rotatable bonds is 3. The highest BCUT2D eigenvalue weighted by Crippen LogP contribution is 2.08. The van der Waals surface area contributed by atoms with E-state index in [1.807, 2.05) is 6.92 Å². The second-order valence-corrected chi connectivity index (χ2v) is 4.72. The first-order valence-corrected chi connectivity index (χ1v) is 5.12. The van der Waals surface area contributed by atoms with Crippen LogP contribution in [0.4, 0.5) is 0 Å². The zero-order chi connectivity index (χ0) is 6.62. The second-order valence-electron chi connectivity index (χ2n) is 1.25. The van der Waals surface area contributed by atoms with Gasteiger partial charge in [0.2, 0.25) is 0 Å². The molecule has 3 nitrogen and oxygen atoms in total. The van der Waals surface area contributed by atoms with Crippen LogP contribution in [0.5, 0.6) is 0 Å². The third-order valence-corrected chi connectivity index (χ3v) is 2.70. The van der Waals surface area contributed by atoms with Crippen LogP contribution in [0.3, 0.4) is 0 Å². The molecule has 0 rings (SSSR count). The normalized spacial score (nSPS) is 11.8. The molecule has 0 radical (unpaired) electrons. The SMILES string of the molecule is CCCSS(=O)(=O)O. The molecule has 0 aliphatic heterocycles. The van der Waals surface area contributed by atoms with E-state index in [9.17, 15) is 8.42 Å². The summed E-state index contributed by atoms with van der Waals surface area (Å²) in [5.41, 5.74) is 0. The van der Waals surface area contributed by atoms with Gasteiger partial charge in [-0.2, -0.15) is 8.42 Å². The van der Waals surface area contributed by atoms with Gasteiger partial charge in [-0.3, -0.25) is 4.55 Å². The van der Waals surface area contributed by atoms with Crippen LogP contribution in [-0.2, 0) is 9.15 Å². The largest absolute Gasteiger partial charge is 0.319 e. The van der Waals surface area contributed by atoms with Crippen molar-refractivity contribution in [3.05, 3.63) is 0 Å². The third-order valence-electron chi connectivity index (χ3n) is 0.436. The Morgan fingerprint density at radius 3 is 2.25 bits per heavy atom. The average molecular weight is 156 g/mol. The van der Waals surface area contributed by atoms with E-state index < -0.39 is 9.15 Å². The molecule has 0 aromatic rings. The first-order valence-electron chi connectivity index (χ1n) is 2.18. The zero-order valence-corrected chi connectivity index (χ0v) is 6.13. The second kappa shape index (κ2) is 3.32. The Bertz CT molecular complexity index is 137. The lowest BCUT2D eigenvalue weighted by molar-refractivity contribution is 0.503. The van der Waals surface area contributed by atoms with E-state index in [1.165, 1.54) is 0 Å². The molecule has 0 aliphatic carbocycles. The zero-order valence-electron chi connectivity index (χ0n) is 4.49. The highest BCUT2D eigenvalue weighted by molar-refractivity contribution is 8.69. The highest BCUT2D eigenvalue weighted by atomic mass is 33.1. The Labute approximate surface area is 52.6 Å². The van der Waals surface area contributed by atoms with Gasteiger partial charge >= 0.3 is 9.15 Å². The lowest BCUT2D eigenvalue weighted by Gasteiger charge is -1.89. The van der Waals surface area contributed by atoms with Crippen LogP contribution in [0.15, 0.2) is 0 Å². The van der Waals surface area contributed by atoms with Crippen molar-refractivity contribution < 1.29 is 13.0 Å². The van der Waals surface area contributed by atoms with Gasteiger partial charge < -0.3 is 0 Å². The van der Waals surface area contributed by atoms with Crippen molar-refractivity contribution in [3.63, 3.8) is 0 Å². The molecule has 0 saturated heterocycles. The summed E-state index contributed by atoms with van der Waals surface area (Å²) in [5.74, 6) is 0.457. The van der Waals surface area contributed by atoms with Crippen LogP contribution in [0.2, 0.25) is 0 Å². The summed E-state index contributed by atoms with van der Waals surface area (Å²) in [7, 11) is -3.21. The van der Waals surface area contributed by atoms with E-state index in [4.69, 9.17) is 4.55 Å². The van der Waals surface area contributed by atoms with Crippen LogP contribution in [0, 0.1) is 0 Å². The molecule has 0 amide bonds. The Balaban J connectivity index is 3.42. The molecule has 0 spiro atoms. The number of hydrogen-bond acceptors (Lipinski definition) is 3. The predicted octanol–water partition coefficient (Wildman–Crippen LogP) is 0.932. The minimum atomic E-state index is -3.77. The van der Waals surface area contributed by atoms with Gasteiger partial charge in [0.1, 0.15) is 0 Å². The molecule has 0 atom stereocenters. The Hall–Kier alpha value is 0.260. The van der Waals surface area contributed by atoms with Crippen LogP contribution in [0.25, 0.3) is 0 Å². The lowest BCUT2D eigenvalue weighted by atomic mass is 10.6. The molecule has 1 N–H and O–H groups in total. The molecule has 0 heterocycles. The van der Waals surface area contributed by atoms with Crippen LogP contribution >= 0.6 is 10.8 Å². The molecule has 0 bridgehead atoms. The van der Waals surface area contributed by atoms with Crippen LogP contribution in [0.1, 0.15) is 13.3 Å². The third kappa shape index (κ3) is 6.26. The monoisotopic (exact) mass is 156 g/mol. The van der Waals surface area contributed by atoms with Gasteiger partial charge in [-0.05, 0) is 17.2 Å². The maximum atomic E-state index is 9.91. The molecule has 8 heavy (non-hydrogen) atoms. The molecule has 0 unspecified atom stereocenters. The molecular formula is C3H8O3S2. The molecule has 0 saturated carbocycles. The van der Waals surface area contributed by atoms with Crippen molar-refractivity contribution in [1.29, 1.82) is 0 Å². The van der Waals surface area contributed by atoms with Crippen LogP contribution < -0.4 is 0 Å². The maximum absolute atomic E-state index is 9.91. The van der Waals surface area contributed by atoms with Crippen molar-refractivity contribution in [2.24, 2.45) is 0 Å². The topological polar surface area (TPSA) is 54.4 Å². The highest BCUT2D eigenvalue weighted by Gasteiger charge is 2.01. The summed E-state index contributed by atoms with van der Waals surface area (Å²) < 4.78 is 27.9. The van der Waals surface area contributed by atoms with Crippen molar-refractivity contribution >= 4 is 19.9 Å². The molecule has 5 heteroatoms. The first kappa shape index (κ1) is 8.26. The fourth-order valence-electron chi connectivity index (χ4n) is 0.189. The van der Waals surface area contributed by atoms with E-state index in [1.54, 1.807) is 0 Å². The molecule has 50 valence electrons. The van der Waals surface area contributed by atoms with Crippen molar-refractivity contribution in [2.75, 3.05) is 5.75 Å². The van der Waals surface area contributed by atoms with Gasteiger partial charge in [0.25, 0.3) is 0 Å². The van der Waals surface area contributed by atoms with E-state index >= 15 is 0 Å². The average Bonchev–Trinajstić information content (AvgIpc) is 1.59. The smallest absolute Gasteiger partial charge is 0.277 e. The quantitative estimate of drug-likeness (QED) is 0.488. The lowest BCUT2D eigenvalue weighted by Crippen LogP contribution is -1.89. The van der Waals surface area contributed by atoms with E-state index in [0.717, 1.165) is 6.42 Å².